The molecule has 25 heavy (non-hydrogen) atoms. The Morgan fingerprint density at radius 1 is 1.40 bits per heavy atom. The summed E-state index contributed by atoms with van der Waals surface area (Å²) in [4.78, 5) is 12.0. The van der Waals surface area contributed by atoms with E-state index in [1.165, 1.54) is 5.69 Å². The molecule has 3 rings (SSSR count). The topological polar surface area (TPSA) is 76.8 Å². The van der Waals surface area contributed by atoms with Crippen LogP contribution in [0.5, 0.6) is 0 Å². The molecule has 1 amide bonds. The van der Waals surface area contributed by atoms with E-state index in [1.54, 1.807) is 0 Å². The van der Waals surface area contributed by atoms with Gasteiger partial charge in [0, 0.05) is 32.5 Å². The van der Waals surface area contributed by atoms with Gasteiger partial charge in [-0.3, -0.25) is 14.2 Å². The van der Waals surface area contributed by atoms with Crippen LogP contribution < -0.4 is 10.6 Å². The fraction of sp³-hybridized carbons (Fsp3) is 0.588. The fourth-order valence-corrected chi connectivity index (χ4v) is 3.20. The highest BCUT2D eigenvalue weighted by molar-refractivity contribution is 6.31. The third-order valence-electron chi connectivity index (χ3n) is 4.49. The van der Waals surface area contributed by atoms with Crippen LogP contribution in [-0.2, 0) is 30.8 Å². The van der Waals surface area contributed by atoms with Gasteiger partial charge in [-0.05, 0) is 32.9 Å². The number of amides is 1. The van der Waals surface area contributed by atoms with E-state index in [0.717, 1.165) is 43.1 Å². The molecule has 0 unspecified atom stereocenters. The zero-order chi connectivity index (χ0) is 17.8. The molecule has 3 heterocycles. The van der Waals surface area contributed by atoms with E-state index in [2.05, 4.69) is 31.6 Å². The molecule has 1 aliphatic rings. The number of aryl methyl sites for hydroxylation is 3. The quantitative estimate of drug-likeness (QED) is 0.816. The van der Waals surface area contributed by atoms with Crippen molar-refractivity contribution < 1.29 is 4.79 Å². The van der Waals surface area contributed by atoms with Gasteiger partial charge in [-0.1, -0.05) is 11.6 Å². The van der Waals surface area contributed by atoms with Crippen LogP contribution in [0.2, 0.25) is 5.02 Å². The smallest absolute Gasteiger partial charge is 0.220 e. The maximum absolute atomic E-state index is 12.0. The van der Waals surface area contributed by atoms with E-state index in [4.69, 9.17) is 11.6 Å². The minimum atomic E-state index is 0.0361. The number of halogens is 1. The maximum Gasteiger partial charge on any atom is 0.220 e. The second-order valence-electron chi connectivity index (χ2n) is 6.44. The van der Waals surface area contributed by atoms with Gasteiger partial charge < -0.3 is 10.6 Å². The second kappa shape index (κ2) is 8.01. The monoisotopic (exact) mass is 364 g/mol. The van der Waals surface area contributed by atoms with E-state index in [-0.39, 0.29) is 5.91 Å². The van der Waals surface area contributed by atoms with Crippen molar-refractivity contribution >= 4 is 17.5 Å². The number of hydrogen-bond donors (Lipinski definition) is 2. The Kier molecular flexibility index (Phi) is 5.75. The molecule has 1 aliphatic heterocycles. The van der Waals surface area contributed by atoms with Gasteiger partial charge in [0.05, 0.1) is 34.3 Å². The molecule has 0 spiro atoms. The summed E-state index contributed by atoms with van der Waals surface area (Å²) in [5, 5.41) is 16.0. The third-order valence-corrected chi connectivity index (χ3v) is 5.04. The molecule has 0 bridgehead atoms. The first kappa shape index (κ1) is 17.9. The van der Waals surface area contributed by atoms with Crippen LogP contribution in [0, 0.1) is 13.8 Å². The van der Waals surface area contributed by atoms with Crippen molar-refractivity contribution in [3.63, 3.8) is 0 Å². The van der Waals surface area contributed by atoms with E-state index < -0.39 is 0 Å². The van der Waals surface area contributed by atoms with E-state index in [1.807, 2.05) is 18.5 Å². The standard InChI is InChI=1S/C17H25ClN6O/c1-12-17(18)13(2)23(21-12)9-7-20-16(25)5-4-14-10-15-11-19-6-3-8-24(15)22-14/h10,19H,3-9,11H2,1-2H3,(H,20,25). The van der Waals surface area contributed by atoms with Gasteiger partial charge in [0.2, 0.25) is 5.91 Å². The van der Waals surface area contributed by atoms with Gasteiger partial charge in [-0.2, -0.15) is 10.2 Å². The molecule has 136 valence electrons. The first-order valence-corrected chi connectivity index (χ1v) is 9.15. The average Bonchev–Trinajstić information content (AvgIpc) is 2.99. The highest BCUT2D eigenvalue weighted by Crippen LogP contribution is 2.18. The van der Waals surface area contributed by atoms with Gasteiger partial charge in [-0.15, -0.1) is 0 Å². The van der Waals surface area contributed by atoms with Crippen molar-refractivity contribution in [1.82, 2.24) is 30.2 Å². The summed E-state index contributed by atoms with van der Waals surface area (Å²) in [6, 6.07) is 2.10. The normalized spacial score (nSPS) is 14.2. The number of fused-ring (bicyclic) bond motifs is 1. The van der Waals surface area contributed by atoms with Crippen molar-refractivity contribution in [2.45, 2.75) is 52.7 Å². The molecular weight excluding hydrogens is 340 g/mol. The highest BCUT2D eigenvalue weighted by Gasteiger charge is 2.12. The lowest BCUT2D eigenvalue weighted by molar-refractivity contribution is -0.121. The minimum Gasteiger partial charge on any atom is -0.354 e. The van der Waals surface area contributed by atoms with Crippen molar-refractivity contribution in [1.29, 1.82) is 0 Å². The highest BCUT2D eigenvalue weighted by atomic mass is 35.5. The molecule has 0 aromatic carbocycles. The lowest BCUT2D eigenvalue weighted by atomic mass is 10.2. The Bertz CT molecular complexity index is 727. The Morgan fingerprint density at radius 2 is 2.24 bits per heavy atom. The van der Waals surface area contributed by atoms with Crippen LogP contribution in [0.15, 0.2) is 6.07 Å². The molecule has 0 fully saturated rings. The number of carbonyl (C=O) groups excluding carboxylic acids is 1. The zero-order valence-electron chi connectivity index (χ0n) is 14.8. The summed E-state index contributed by atoms with van der Waals surface area (Å²) in [6.07, 6.45) is 2.20. The minimum absolute atomic E-state index is 0.0361. The van der Waals surface area contributed by atoms with Gasteiger partial charge >= 0.3 is 0 Å². The lowest BCUT2D eigenvalue weighted by Gasteiger charge is -2.06. The summed E-state index contributed by atoms with van der Waals surface area (Å²) < 4.78 is 3.89. The van der Waals surface area contributed by atoms with Crippen LogP contribution >= 0.6 is 11.6 Å². The van der Waals surface area contributed by atoms with Crippen LogP contribution in [0.25, 0.3) is 0 Å². The van der Waals surface area contributed by atoms with E-state index in [0.29, 0.717) is 31.0 Å². The molecule has 7 nitrogen and oxygen atoms in total. The SMILES string of the molecule is Cc1nn(CCNC(=O)CCc2cc3n(n2)CCCNC3)c(C)c1Cl. The van der Waals surface area contributed by atoms with Crippen LogP contribution in [0.1, 0.15) is 35.6 Å². The van der Waals surface area contributed by atoms with Gasteiger partial charge in [0.15, 0.2) is 0 Å². The predicted octanol–water partition coefficient (Wildman–Crippen LogP) is 1.59. The number of hydrogen-bond acceptors (Lipinski definition) is 4. The number of nitrogens with one attached hydrogen (secondary N) is 2. The average molecular weight is 365 g/mol. The molecule has 0 aliphatic carbocycles. The Hall–Kier alpha value is -1.86. The fourth-order valence-electron chi connectivity index (χ4n) is 3.07. The first-order chi connectivity index (χ1) is 12.0. The number of carbonyl (C=O) groups is 1. The lowest BCUT2D eigenvalue weighted by Crippen LogP contribution is -2.28. The van der Waals surface area contributed by atoms with Crippen LogP contribution in [0.3, 0.4) is 0 Å². The van der Waals surface area contributed by atoms with Crippen molar-refractivity contribution in [2.24, 2.45) is 0 Å². The summed E-state index contributed by atoms with van der Waals surface area (Å²) in [6.45, 7) is 7.80. The van der Waals surface area contributed by atoms with Crippen molar-refractivity contribution in [2.75, 3.05) is 13.1 Å². The summed E-state index contributed by atoms with van der Waals surface area (Å²) >= 11 is 6.13. The number of aromatic nitrogens is 4. The van der Waals surface area contributed by atoms with Crippen LogP contribution in [-0.4, -0.2) is 38.6 Å². The molecule has 2 aromatic rings. The molecule has 8 heteroatoms. The van der Waals surface area contributed by atoms with Gasteiger partial charge in [0.1, 0.15) is 0 Å². The van der Waals surface area contributed by atoms with Gasteiger partial charge in [-0.25, -0.2) is 0 Å². The van der Waals surface area contributed by atoms with Crippen molar-refractivity contribution in [3.8, 4) is 0 Å². The maximum atomic E-state index is 12.0. The van der Waals surface area contributed by atoms with E-state index >= 15 is 0 Å². The molecule has 0 saturated heterocycles. The molecular formula is C17H25ClN6O. The summed E-state index contributed by atoms with van der Waals surface area (Å²) in [5.74, 6) is 0.0361. The molecule has 0 atom stereocenters. The molecule has 2 N–H and O–H groups in total. The Balaban J connectivity index is 1.43. The first-order valence-electron chi connectivity index (χ1n) is 8.77. The summed E-state index contributed by atoms with van der Waals surface area (Å²) in [5.41, 5.74) is 3.94. The number of nitrogens with zero attached hydrogens (tertiary/aromatic N) is 4. The Labute approximate surface area is 152 Å². The third kappa shape index (κ3) is 4.41. The summed E-state index contributed by atoms with van der Waals surface area (Å²) in [7, 11) is 0. The van der Waals surface area contributed by atoms with Crippen molar-refractivity contribution in [3.05, 3.63) is 33.9 Å². The molecule has 0 radical (unpaired) electrons. The molecule has 2 aromatic heterocycles. The zero-order valence-corrected chi connectivity index (χ0v) is 15.6. The predicted molar refractivity (Wildman–Crippen MR) is 96.6 cm³/mol. The van der Waals surface area contributed by atoms with E-state index in [9.17, 15) is 4.79 Å². The second-order valence-corrected chi connectivity index (χ2v) is 6.82. The van der Waals surface area contributed by atoms with Crippen LogP contribution in [0.4, 0.5) is 0 Å². The number of rotatable bonds is 6. The Morgan fingerprint density at radius 3 is 3.00 bits per heavy atom. The van der Waals surface area contributed by atoms with Gasteiger partial charge in [0.25, 0.3) is 0 Å². The largest absolute Gasteiger partial charge is 0.354 e. The molecule has 0 saturated carbocycles.